The highest BCUT2D eigenvalue weighted by Gasteiger charge is 2.42. The molecule has 2 aliphatic carbocycles. The smallest absolute Gasteiger partial charge is 0.129 e. The van der Waals surface area contributed by atoms with E-state index in [1.165, 1.54) is 18.2 Å². The van der Waals surface area contributed by atoms with E-state index in [0.717, 1.165) is 36.5 Å². The zero-order valence-electron chi connectivity index (χ0n) is 14.0. The molecule has 1 saturated carbocycles. The van der Waals surface area contributed by atoms with Crippen molar-refractivity contribution in [2.75, 3.05) is 0 Å². The van der Waals surface area contributed by atoms with Crippen molar-refractivity contribution in [3.8, 4) is 0 Å². The van der Waals surface area contributed by atoms with Crippen LogP contribution in [0.1, 0.15) is 47.8 Å². The molecular formula is C22H21F3. The second kappa shape index (κ2) is 6.36. The molecule has 0 nitrogen and oxygen atoms in total. The molecule has 2 aromatic carbocycles. The zero-order chi connectivity index (χ0) is 17.6. The highest BCUT2D eigenvalue weighted by atomic mass is 19.1. The van der Waals surface area contributed by atoms with Crippen LogP contribution in [0.15, 0.2) is 49.1 Å². The van der Waals surface area contributed by atoms with Gasteiger partial charge in [-0.25, -0.2) is 13.2 Å². The summed E-state index contributed by atoms with van der Waals surface area (Å²) in [4.78, 5) is 0. The summed E-state index contributed by atoms with van der Waals surface area (Å²) < 4.78 is 41.4. The molecule has 0 aromatic heterocycles. The Morgan fingerprint density at radius 1 is 0.920 bits per heavy atom. The molecule has 2 aliphatic rings. The van der Waals surface area contributed by atoms with Crippen LogP contribution in [-0.4, -0.2) is 0 Å². The SMILES string of the molecule is C=CC1CCC2c3cc(F)cc(F)c3CCC2C1c1ccc(F)cc1. The third-order valence-corrected chi connectivity index (χ3v) is 6.13. The molecule has 1 fully saturated rings. The molecule has 4 atom stereocenters. The summed E-state index contributed by atoms with van der Waals surface area (Å²) in [6, 6.07) is 9.20. The summed E-state index contributed by atoms with van der Waals surface area (Å²) in [5.41, 5.74) is 2.61. The molecule has 0 radical (unpaired) electrons. The minimum Gasteiger partial charge on any atom is -0.207 e. The lowest BCUT2D eigenvalue weighted by Gasteiger charge is -2.46. The van der Waals surface area contributed by atoms with Gasteiger partial charge in [0.05, 0.1) is 0 Å². The van der Waals surface area contributed by atoms with Gasteiger partial charge in [0, 0.05) is 6.07 Å². The van der Waals surface area contributed by atoms with E-state index in [2.05, 4.69) is 6.58 Å². The molecule has 3 heteroatoms. The quantitative estimate of drug-likeness (QED) is 0.576. The van der Waals surface area contributed by atoms with E-state index in [-0.39, 0.29) is 17.7 Å². The summed E-state index contributed by atoms with van der Waals surface area (Å²) in [7, 11) is 0. The first-order chi connectivity index (χ1) is 12.1. The highest BCUT2D eigenvalue weighted by molar-refractivity contribution is 5.38. The van der Waals surface area contributed by atoms with Crippen molar-refractivity contribution in [1.82, 2.24) is 0 Å². The fourth-order valence-electron chi connectivity index (χ4n) is 5.07. The van der Waals surface area contributed by atoms with Crippen molar-refractivity contribution in [3.05, 3.63) is 83.2 Å². The molecule has 0 bridgehead atoms. The van der Waals surface area contributed by atoms with Gasteiger partial charge in [-0.05, 0) is 84.2 Å². The Morgan fingerprint density at radius 2 is 1.68 bits per heavy atom. The molecule has 0 aliphatic heterocycles. The van der Waals surface area contributed by atoms with Crippen LogP contribution in [0, 0.1) is 29.3 Å². The van der Waals surface area contributed by atoms with Gasteiger partial charge in [-0.1, -0.05) is 18.2 Å². The molecule has 2 aromatic rings. The second-order valence-corrected chi connectivity index (χ2v) is 7.32. The lowest BCUT2D eigenvalue weighted by Crippen LogP contribution is -2.35. The van der Waals surface area contributed by atoms with Crippen LogP contribution in [0.3, 0.4) is 0 Å². The Kier molecular flexibility index (Phi) is 4.18. The minimum atomic E-state index is -0.499. The fraction of sp³-hybridized carbons (Fsp3) is 0.364. The number of benzene rings is 2. The van der Waals surface area contributed by atoms with Crippen molar-refractivity contribution in [2.24, 2.45) is 11.8 Å². The molecule has 0 spiro atoms. The lowest BCUT2D eigenvalue weighted by atomic mass is 9.58. The maximum absolute atomic E-state index is 14.2. The van der Waals surface area contributed by atoms with Crippen LogP contribution in [0.5, 0.6) is 0 Å². The van der Waals surface area contributed by atoms with Crippen molar-refractivity contribution in [2.45, 2.75) is 37.5 Å². The van der Waals surface area contributed by atoms with E-state index in [4.69, 9.17) is 0 Å². The summed E-state index contributed by atoms with van der Waals surface area (Å²) in [6.07, 6.45) is 5.34. The van der Waals surface area contributed by atoms with Gasteiger partial charge in [0.1, 0.15) is 17.5 Å². The molecule has 0 amide bonds. The second-order valence-electron chi connectivity index (χ2n) is 7.32. The van der Waals surface area contributed by atoms with Gasteiger partial charge in [-0.15, -0.1) is 6.58 Å². The molecule has 130 valence electrons. The van der Waals surface area contributed by atoms with Crippen LogP contribution in [-0.2, 0) is 6.42 Å². The average molecular weight is 342 g/mol. The molecule has 0 N–H and O–H groups in total. The van der Waals surface area contributed by atoms with Crippen LogP contribution >= 0.6 is 0 Å². The molecule has 25 heavy (non-hydrogen) atoms. The summed E-state index contributed by atoms with van der Waals surface area (Å²) in [6.45, 7) is 3.99. The largest absolute Gasteiger partial charge is 0.207 e. The molecule has 4 rings (SSSR count). The van der Waals surface area contributed by atoms with Crippen molar-refractivity contribution < 1.29 is 13.2 Å². The highest BCUT2D eigenvalue weighted by Crippen LogP contribution is 2.54. The van der Waals surface area contributed by atoms with Crippen LogP contribution in [0.4, 0.5) is 13.2 Å². The third kappa shape index (κ3) is 2.80. The first kappa shape index (κ1) is 16.4. The van der Waals surface area contributed by atoms with Gasteiger partial charge in [0.15, 0.2) is 0 Å². The standard InChI is InChI=1S/C22H21F3/c1-2-13-5-8-17-19(22(13)14-3-6-15(23)7-4-14)10-9-18-20(17)11-16(24)12-21(18)25/h2-4,6-7,11-13,17,19,22H,1,5,8-10H2. The van der Waals surface area contributed by atoms with Crippen molar-refractivity contribution >= 4 is 0 Å². The molecular weight excluding hydrogens is 321 g/mol. The summed E-state index contributed by atoms with van der Waals surface area (Å²) in [5.74, 6) is -0.179. The number of rotatable bonds is 2. The van der Waals surface area contributed by atoms with Crippen LogP contribution in [0.25, 0.3) is 0 Å². The molecule has 0 heterocycles. The Balaban J connectivity index is 1.77. The van der Waals surface area contributed by atoms with E-state index < -0.39 is 11.6 Å². The zero-order valence-corrected chi connectivity index (χ0v) is 14.0. The number of hydrogen-bond donors (Lipinski definition) is 0. The van der Waals surface area contributed by atoms with Crippen LogP contribution in [0.2, 0.25) is 0 Å². The van der Waals surface area contributed by atoms with E-state index in [9.17, 15) is 13.2 Å². The normalized spacial score (nSPS) is 28.1. The minimum absolute atomic E-state index is 0.153. The fourth-order valence-corrected chi connectivity index (χ4v) is 5.07. The van der Waals surface area contributed by atoms with E-state index >= 15 is 0 Å². The summed E-state index contributed by atoms with van der Waals surface area (Å²) in [5, 5.41) is 0. The number of allylic oxidation sites excluding steroid dienone is 1. The molecule has 4 unspecified atom stereocenters. The van der Waals surface area contributed by atoms with E-state index in [1.54, 1.807) is 0 Å². The van der Waals surface area contributed by atoms with Gasteiger partial charge < -0.3 is 0 Å². The van der Waals surface area contributed by atoms with E-state index in [1.807, 2.05) is 18.2 Å². The number of hydrogen-bond acceptors (Lipinski definition) is 0. The molecule has 0 saturated heterocycles. The van der Waals surface area contributed by atoms with Gasteiger partial charge in [0.2, 0.25) is 0 Å². The number of halogens is 3. The first-order valence-corrected chi connectivity index (χ1v) is 8.94. The predicted molar refractivity (Wildman–Crippen MR) is 93.0 cm³/mol. The predicted octanol–water partition coefficient (Wildman–Crippen LogP) is 6.13. The Bertz CT molecular complexity index is 794. The van der Waals surface area contributed by atoms with Gasteiger partial charge in [-0.2, -0.15) is 0 Å². The first-order valence-electron chi connectivity index (χ1n) is 8.94. The Morgan fingerprint density at radius 3 is 2.40 bits per heavy atom. The van der Waals surface area contributed by atoms with E-state index in [0.29, 0.717) is 23.8 Å². The van der Waals surface area contributed by atoms with Gasteiger partial charge >= 0.3 is 0 Å². The van der Waals surface area contributed by atoms with Gasteiger partial charge in [-0.3, -0.25) is 0 Å². The Hall–Kier alpha value is -2.03. The summed E-state index contributed by atoms with van der Waals surface area (Å²) >= 11 is 0. The van der Waals surface area contributed by atoms with Gasteiger partial charge in [0.25, 0.3) is 0 Å². The Labute approximate surface area is 146 Å². The van der Waals surface area contributed by atoms with Crippen LogP contribution < -0.4 is 0 Å². The van der Waals surface area contributed by atoms with Crippen molar-refractivity contribution in [1.29, 1.82) is 0 Å². The van der Waals surface area contributed by atoms with Crippen molar-refractivity contribution in [3.63, 3.8) is 0 Å². The maximum atomic E-state index is 14.2. The average Bonchev–Trinajstić information content (AvgIpc) is 2.61. The third-order valence-electron chi connectivity index (χ3n) is 6.13. The monoisotopic (exact) mass is 342 g/mol. The number of fused-ring (bicyclic) bond motifs is 3. The topological polar surface area (TPSA) is 0 Å². The lowest BCUT2D eigenvalue weighted by molar-refractivity contribution is 0.194. The maximum Gasteiger partial charge on any atom is 0.129 e.